The number of ether oxygens (including phenoxy) is 2. The van der Waals surface area contributed by atoms with Crippen LogP contribution < -0.4 is 20.1 Å². The quantitative estimate of drug-likeness (QED) is 0.513. The van der Waals surface area contributed by atoms with Crippen LogP contribution >= 0.6 is 11.8 Å². The second-order valence-corrected chi connectivity index (χ2v) is 7.57. The van der Waals surface area contributed by atoms with Crippen LogP contribution in [0.4, 0.5) is 11.4 Å². The standard InChI is InChI=1S/C20H20N6O4S/c1-2-18(27)21-14-4-6-15(7-5-14)22-19(28)11-31-20-23-24-25-26(20)10-13-3-8-16-17(9-13)30-12-29-16/h3-9H,2,10-12H2,1H3,(H,21,27)(H,22,28). The smallest absolute Gasteiger partial charge is 0.234 e. The van der Waals surface area contributed by atoms with Crippen molar-refractivity contribution in [2.45, 2.75) is 25.0 Å². The van der Waals surface area contributed by atoms with Gasteiger partial charge >= 0.3 is 0 Å². The molecule has 0 unspecified atom stereocenters. The van der Waals surface area contributed by atoms with Gasteiger partial charge in [-0.2, -0.15) is 0 Å². The summed E-state index contributed by atoms with van der Waals surface area (Å²) < 4.78 is 12.3. The van der Waals surface area contributed by atoms with Gasteiger partial charge in [0.25, 0.3) is 0 Å². The first-order valence-electron chi connectivity index (χ1n) is 9.58. The highest BCUT2D eigenvalue weighted by atomic mass is 32.2. The number of anilines is 2. The van der Waals surface area contributed by atoms with Gasteiger partial charge < -0.3 is 20.1 Å². The summed E-state index contributed by atoms with van der Waals surface area (Å²) in [5.41, 5.74) is 2.28. The van der Waals surface area contributed by atoms with Crippen LogP contribution in [-0.2, 0) is 16.1 Å². The third kappa shape index (κ3) is 5.31. The van der Waals surface area contributed by atoms with Gasteiger partial charge in [0.1, 0.15) is 0 Å². The maximum Gasteiger partial charge on any atom is 0.234 e. The molecule has 2 N–H and O–H groups in total. The van der Waals surface area contributed by atoms with Gasteiger partial charge in [0.05, 0.1) is 12.3 Å². The molecule has 0 spiro atoms. The zero-order valence-corrected chi connectivity index (χ0v) is 17.5. The van der Waals surface area contributed by atoms with Gasteiger partial charge in [-0.3, -0.25) is 9.59 Å². The Morgan fingerprint density at radius 3 is 2.48 bits per heavy atom. The van der Waals surface area contributed by atoms with Crippen molar-refractivity contribution in [3.8, 4) is 11.5 Å². The number of thioether (sulfide) groups is 1. The second-order valence-electron chi connectivity index (χ2n) is 6.62. The Morgan fingerprint density at radius 1 is 1.03 bits per heavy atom. The van der Waals surface area contributed by atoms with Gasteiger partial charge in [0.15, 0.2) is 11.5 Å². The second kappa shape index (κ2) is 9.47. The number of rotatable bonds is 8. The highest BCUT2D eigenvalue weighted by molar-refractivity contribution is 7.99. The van der Waals surface area contributed by atoms with E-state index >= 15 is 0 Å². The molecule has 0 fully saturated rings. The summed E-state index contributed by atoms with van der Waals surface area (Å²) in [6, 6.07) is 12.6. The van der Waals surface area contributed by atoms with Crippen molar-refractivity contribution in [3.05, 3.63) is 48.0 Å². The molecule has 0 radical (unpaired) electrons. The van der Waals surface area contributed by atoms with E-state index in [9.17, 15) is 9.59 Å². The third-order valence-corrected chi connectivity index (χ3v) is 5.33. The average molecular weight is 440 g/mol. The van der Waals surface area contributed by atoms with Crippen LogP contribution in [0.1, 0.15) is 18.9 Å². The van der Waals surface area contributed by atoms with E-state index < -0.39 is 0 Å². The Balaban J connectivity index is 1.30. The number of nitrogens with zero attached hydrogens (tertiary/aromatic N) is 4. The van der Waals surface area contributed by atoms with Crippen molar-refractivity contribution in [1.29, 1.82) is 0 Å². The van der Waals surface area contributed by atoms with E-state index in [-0.39, 0.29) is 24.4 Å². The first-order chi connectivity index (χ1) is 15.1. The minimum Gasteiger partial charge on any atom is -0.454 e. The molecule has 2 aromatic carbocycles. The molecule has 1 aliphatic rings. The Bertz CT molecular complexity index is 1090. The molecule has 0 saturated carbocycles. The lowest BCUT2D eigenvalue weighted by Gasteiger charge is -2.08. The largest absolute Gasteiger partial charge is 0.454 e. The number of aromatic nitrogens is 4. The van der Waals surface area contributed by atoms with Crippen molar-refractivity contribution < 1.29 is 19.1 Å². The van der Waals surface area contributed by atoms with E-state index in [0.29, 0.717) is 41.0 Å². The Labute approximate surface area is 182 Å². The topological polar surface area (TPSA) is 120 Å². The predicted molar refractivity (Wildman–Crippen MR) is 114 cm³/mol. The number of nitrogens with one attached hydrogen (secondary N) is 2. The zero-order valence-electron chi connectivity index (χ0n) is 16.7. The summed E-state index contributed by atoms with van der Waals surface area (Å²) in [6.07, 6.45) is 0.407. The summed E-state index contributed by atoms with van der Waals surface area (Å²) >= 11 is 1.24. The molecule has 31 heavy (non-hydrogen) atoms. The predicted octanol–water partition coefficient (Wildman–Crippen LogP) is 2.53. The third-order valence-electron chi connectivity index (χ3n) is 4.37. The summed E-state index contributed by atoms with van der Waals surface area (Å²) in [5, 5.41) is 17.8. The van der Waals surface area contributed by atoms with Crippen molar-refractivity contribution in [2.75, 3.05) is 23.2 Å². The minimum absolute atomic E-state index is 0.0633. The molecule has 0 aliphatic carbocycles. The van der Waals surface area contributed by atoms with Crippen molar-refractivity contribution in [2.24, 2.45) is 0 Å². The lowest BCUT2D eigenvalue weighted by Crippen LogP contribution is -2.15. The van der Waals surface area contributed by atoms with Crippen molar-refractivity contribution in [1.82, 2.24) is 20.2 Å². The first-order valence-corrected chi connectivity index (χ1v) is 10.6. The van der Waals surface area contributed by atoms with Crippen LogP contribution in [0, 0.1) is 0 Å². The van der Waals surface area contributed by atoms with Gasteiger partial charge in [0.2, 0.25) is 23.8 Å². The summed E-state index contributed by atoms with van der Waals surface area (Å²) in [6.45, 7) is 2.45. The molecule has 11 heteroatoms. The molecule has 3 aromatic rings. The van der Waals surface area contributed by atoms with E-state index in [1.54, 1.807) is 35.9 Å². The number of hydrogen-bond donors (Lipinski definition) is 2. The lowest BCUT2D eigenvalue weighted by molar-refractivity contribution is -0.116. The van der Waals surface area contributed by atoms with Gasteiger partial charge in [0, 0.05) is 17.8 Å². The van der Waals surface area contributed by atoms with Crippen LogP contribution in [-0.4, -0.2) is 44.6 Å². The molecule has 1 aromatic heterocycles. The maximum atomic E-state index is 12.3. The normalized spacial score (nSPS) is 11.9. The van der Waals surface area contributed by atoms with E-state index in [1.165, 1.54) is 11.8 Å². The van der Waals surface area contributed by atoms with Crippen molar-refractivity contribution in [3.63, 3.8) is 0 Å². The molecular formula is C20H20N6O4S. The molecule has 1 aliphatic heterocycles. The molecule has 4 rings (SSSR count). The fourth-order valence-corrected chi connectivity index (χ4v) is 3.50. The maximum absolute atomic E-state index is 12.3. The van der Waals surface area contributed by atoms with E-state index in [2.05, 4.69) is 26.2 Å². The van der Waals surface area contributed by atoms with Gasteiger partial charge in [-0.1, -0.05) is 24.8 Å². The molecule has 0 bridgehead atoms. The first kappa shape index (κ1) is 20.7. The number of tetrazole rings is 1. The van der Waals surface area contributed by atoms with Crippen LogP contribution in [0.25, 0.3) is 0 Å². The van der Waals surface area contributed by atoms with Crippen LogP contribution in [0.15, 0.2) is 47.6 Å². The summed E-state index contributed by atoms with van der Waals surface area (Å²) in [5.74, 6) is 1.31. The van der Waals surface area contributed by atoms with Gasteiger partial charge in [-0.25, -0.2) is 4.68 Å². The zero-order chi connectivity index (χ0) is 21.6. The number of hydrogen-bond acceptors (Lipinski definition) is 8. The highest BCUT2D eigenvalue weighted by Crippen LogP contribution is 2.32. The van der Waals surface area contributed by atoms with Gasteiger partial charge in [-0.05, 0) is 52.4 Å². The fourth-order valence-electron chi connectivity index (χ4n) is 2.82. The molecule has 2 amide bonds. The minimum atomic E-state index is -0.187. The number of benzene rings is 2. The fraction of sp³-hybridized carbons (Fsp3) is 0.250. The number of fused-ring (bicyclic) bond motifs is 1. The monoisotopic (exact) mass is 440 g/mol. The molecule has 0 atom stereocenters. The Kier molecular flexibility index (Phi) is 6.32. The number of carbonyl (C=O) groups is 2. The highest BCUT2D eigenvalue weighted by Gasteiger charge is 2.15. The molecule has 0 saturated heterocycles. The van der Waals surface area contributed by atoms with Gasteiger partial charge in [-0.15, -0.1) is 5.10 Å². The van der Waals surface area contributed by atoms with Crippen LogP contribution in [0.5, 0.6) is 11.5 Å². The SMILES string of the molecule is CCC(=O)Nc1ccc(NC(=O)CSc2nnnn2Cc2ccc3c(c2)OCO3)cc1. The van der Waals surface area contributed by atoms with Crippen LogP contribution in [0.2, 0.25) is 0 Å². The molecular weight excluding hydrogens is 420 g/mol. The van der Waals surface area contributed by atoms with E-state index in [4.69, 9.17) is 9.47 Å². The molecule has 160 valence electrons. The number of carbonyl (C=O) groups excluding carboxylic acids is 2. The number of amides is 2. The summed E-state index contributed by atoms with van der Waals surface area (Å²) in [7, 11) is 0. The molecule has 2 heterocycles. The Morgan fingerprint density at radius 2 is 1.74 bits per heavy atom. The Hall–Kier alpha value is -3.60. The van der Waals surface area contributed by atoms with Crippen molar-refractivity contribution >= 4 is 35.0 Å². The lowest BCUT2D eigenvalue weighted by atomic mass is 10.2. The van der Waals surface area contributed by atoms with E-state index in [0.717, 1.165) is 5.56 Å². The molecule has 10 nitrogen and oxygen atoms in total. The average Bonchev–Trinajstić information content (AvgIpc) is 3.42. The van der Waals surface area contributed by atoms with E-state index in [1.807, 2.05) is 18.2 Å². The van der Waals surface area contributed by atoms with Crippen LogP contribution in [0.3, 0.4) is 0 Å². The summed E-state index contributed by atoms with van der Waals surface area (Å²) in [4.78, 5) is 23.7.